The van der Waals surface area contributed by atoms with Gasteiger partial charge >= 0.3 is 0 Å². The second-order valence-corrected chi connectivity index (χ2v) is 6.87. The van der Waals surface area contributed by atoms with Gasteiger partial charge in [-0.3, -0.25) is 10.2 Å². The Morgan fingerprint density at radius 2 is 2.00 bits per heavy atom. The molecule has 2 fully saturated rings. The second-order valence-electron chi connectivity index (χ2n) is 5.99. The zero-order chi connectivity index (χ0) is 16.4. The molecule has 2 saturated heterocycles. The lowest BCUT2D eigenvalue weighted by Gasteiger charge is -2.27. The summed E-state index contributed by atoms with van der Waals surface area (Å²) in [6, 6.07) is 4.88. The van der Waals surface area contributed by atoms with Crippen molar-refractivity contribution in [2.75, 3.05) is 19.6 Å². The van der Waals surface area contributed by atoms with Gasteiger partial charge in [-0.2, -0.15) is 0 Å². The van der Waals surface area contributed by atoms with E-state index < -0.39 is 6.10 Å². The van der Waals surface area contributed by atoms with Gasteiger partial charge in [0.1, 0.15) is 6.04 Å². The van der Waals surface area contributed by atoms with Gasteiger partial charge in [0.05, 0.1) is 6.10 Å². The molecule has 2 aliphatic rings. The number of amides is 1. The van der Waals surface area contributed by atoms with Gasteiger partial charge in [0, 0.05) is 35.1 Å². The van der Waals surface area contributed by atoms with Gasteiger partial charge in [0.25, 0.3) is 0 Å². The molecule has 134 valence electrons. The number of hydrogen-bond donors (Lipinski definition) is 5. The highest BCUT2D eigenvalue weighted by Crippen LogP contribution is 2.24. The van der Waals surface area contributed by atoms with E-state index in [0.717, 1.165) is 19.5 Å². The molecule has 0 spiro atoms. The fraction of sp³-hybridized carbons (Fsp3) is 0.533. The number of hydrazine groups is 1. The molecule has 1 aromatic carbocycles. The number of fused-ring (bicyclic) bond motifs is 1. The van der Waals surface area contributed by atoms with E-state index in [1.165, 1.54) is 0 Å². The van der Waals surface area contributed by atoms with Crippen molar-refractivity contribution in [3.8, 4) is 0 Å². The van der Waals surface area contributed by atoms with Crippen LogP contribution in [-0.4, -0.2) is 42.7 Å². The molecule has 2 heterocycles. The van der Waals surface area contributed by atoms with Crippen molar-refractivity contribution >= 4 is 41.5 Å². The quantitative estimate of drug-likeness (QED) is 0.526. The van der Waals surface area contributed by atoms with Crippen molar-refractivity contribution in [3.63, 3.8) is 0 Å². The smallest absolute Gasteiger partial charge is 0.238 e. The summed E-state index contributed by atoms with van der Waals surface area (Å²) in [7, 11) is 0. The Labute approximate surface area is 157 Å². The minimum Gasteiger partial charge on any atom is -0.387 e. The van der Waals surface area contributed by atoms with Crippen LogP contribution in [0.4, 0.5) is 0 Å². The third-order valence-corrected chi connectivity index (χ3v) is 4.84. The molecule has 0 radical (unpaired) electrons. The Morgan fingerprint density at radius 3 is 2.71 bits per heavy atom. The monoisotopic (exact) mass is 394 g/mol. The second kappa shape index (κ2) is 8.67. The predicted octanol–water partition coefficient (Wildman–Crippen LogP) is 1.02. The summed E-state index contributed by atoms with van der Waals surface area (Å²) >= 11 is 11.9. The van der Waals surface area contributed by atoms with E-state index in [0.29, 0.717) is 21.7 Å². The molecule has 24 heavy (non-hydrogen) atoms. The first-order chi connectivity index (χ1) is 11.0. The minimum absolute atomic E-state index is 0. The predicted molar refractivity (Wildman–Crippen MR) is 96.5 cm³/mol. The largest absolute Gasteiger partial charge is 0.387 e. The van der Waals surface area contributed by atoms with E-state index in [1.54, 1.807) is 18.2 Å². The lowest BCUT2D eigenvalue weighted by molar-refractivity contribution is -0.124. The SMILES string of the molecule is Cl.O=C(NCC(O)c1cc(Cl)cc(Cl)c1)C1NNC2CCNCC21. The average molecular weight is 396 g/mol. The molecule has 9 heteroatoms. The first-order valence-electron chi connectivity index (χ1n) is 7.68. The van der Waals surface area contributed by atoms with Gasteiger partial charge in [-0.15, -0.1) is 12.4 Å². The van der Waals surface area contributed by atoms with Crippen molar-refractivity contribution in [2.24, 2.45) is 5.92 Å². The summed E-state index contributed by atoms with van der Waals surface area (Å²) in [6.45, 7) is 1.87. The number of carbonyl (C=O) groups excluding carboxylic acids is 1. The van der Waals surface area contributed by atoms with Gasteiger partial charge < -0.3 is 15.7 Å². The number of rotatable bonds is 4. The van der Waals surface area contributed by atoms with Crippen LogP contribution in [0.15, 0.2) is 18.2 Å². The highest BCUT2D eigenvalue weighted by atomic mass is 35.5. The number of benzene rings is 1. The Kier molecular flexibility index (Phi) is 7.12. The number of nitrogens with one attached hydrogen (secondary N) is 4. The molecular weight excluding hydrogens is 375 g/mol. The maximum Gasteiger partial charge on any atom is 0.238 e. The van der Waals surface area contributed by atoms with Crippen LogP contribution in [0.1, 0.15) is 18.1 Å². The maximum atomic E-state index is 12.4. The van der Waals surface area contributed by atoms with Crippen molar-refractivity contribution in [2.45, 2.75) is 24.6 Å². The van der Waals surface area contributed by atoms with Crippen molar-refractivity contribution in [3.05, 3.63) is 33.8 Å². The van der Waals surface area contributed by atoms with Gasteiger partial charge in [-0.25, -0.2) is 5.43 Å². The molecule has 2 aliphatic heterocycles. The van der Waals surface area contributed by atoms with Gasteiger partial charge in [-0.05, 0) is 36.7 Å². The van der Waals surface area contributed by atoms with E-state index in [4.69, 9.17) is 23.2 Å². The van der Waals surface area contributed by atoms with Crippen molar-refractivity contribution in [1.29, 1.82) is 0 Å². The summed E-state index contributed by atoms with van der Waals surface area (Å²) in [5.74, 6) is 0.0855. The molecule has 1 aromatic rings. The van der Waals surface area contributed by atoms with Crippen LogP contribution in [-0.2, 0) is 4.79 Å². The molecule has 4 atom stereocenters. The molecule has 4 unspecified atom stereocenters. The Morgan fingerprint density at radius 1 is 1.29 bits per heavy atom. The third kappa shape index (κ3) is 4.52. The molecule has 6 nitrogen and oxygen atoms in total. The van der Waals surface area contributed by atoms with Crippen LogP contribution in [0.3, 0.4) is 0 Å². The molecule has 0 saturated carbocycles. The van der Waals surface area contributed by atoms with Crippen LogP contribution in [0.2, 0.25) is 10.0 Å². The highest BCUT2D eigenvalue weighted by molar-refractivity contribution is 6.34. The number of hydrogen-bond acceptors (Lipinski definition) is 5. The summed E-state index contributed by atoms with van der Waals surface area (Å²) in [5.41, 5.74) is 6.81. The zero-order valence-electron chi connectivity index (χ0n) is 12.9. The van der Waals surface area contributed by atoms with Gasteiger partial charge in [0.15, 0.2) is 0 Å². The molecular formula is C15H21Cl3N4O2. The summed E-state index contributed by atoms with van der Waals surface area (Å²) < 4.78 is 0. The van der Waals surface area contributed by atoms with Crippen LogP contribution >= 0.6 is 35.6 Å². The number of piperidine rings is 1. The normalized spacial score (nSPS) is 27.0. The van der Waals surface area contributed by atoms with Crippen LogP contribution in [0, 0.1) is 5.92 Å². The number of carbonyl (C=O) groups is 1. The minimum atomic E-state index is -0.857. The molecule has 0 aliphatic carbocycles. The number of halogens is 3. The van der Waals surface area contributed by atoms with Gasteiger partial charge in [-0.1, -0.05) is 23.2 Å². The topological polar surface area (TPSA) is 85.4 Å². The van der Waals surface area contributed by atoms with Crippen molar-refractivity contribution < 1.29 is 9.90 Å². The fourth-order valence-corrected chi connectivity index (χ4v) is 3.71. The fourth-order valence-electron chi connectivity index (χ4n) is 3.17. The summed E-state index contributed by atoms with van der Waals surface area (Å²) in [6.07, 6.45) is 0.134. The Bertz CT molecular complexity index is 570. The molecule has 5 N–H and O–H groups in total. The van der Waals surface area contributed by atoms with E-state index in [2.05, 4.69) is 21.5 Å². The summed E-state index contributed by atoms with van der Waals surface area (Å²) in [5, 5.41) is 17.2. The van der Waals surface area contributed by atoms with E-state index in [1.807, 2.05) is 0 Å². The Hall–Kier alpha value is -0.600. The average Bonchev–Trinajstić information content (AvgIpc) is 2.95. The Balaban J connectivity index is 0.00000208. The zero-order valence-corrected chi connectivity index (χ0v) is 15.2. The van der Waals surface area contributed by atoms with E-state index >= 15 is 0 Å². The first-order valence-corrected chi connectivity index (χ1v) is 8.44. The molecule has 0 bridgehead atoms. The van der Waals surface area contributed by atoms with Crippen molar-refractivity contribution in [1.82, 2.24) is 21.5 Å². The molecule has 3 rings (SSSR count). The summed E-state index contributed by atoms with van der Waals surface area (Å²) in [4.78, 5) is 12.4. The van der Waals surface area contributed by atoms with Crippen LogP contribution in [0.5, 0.6) is 0 Å². The highest BCUT2D eigenvalue weighted by Gasteiger charge is 2.41. The lowest BCUT2D eigenvalue weighted by atomic mass is 9.89. The van der Waals surface area contributed by atoms with Crippen LogP contribution < -0.4 is 21.5 Å². The molecule has 0 aromatic heterocycles. The standard InChI is InChI=1S/C15H20Cl2N4O2.ClH/c16-9-3-8(4-10(17)5-9)13(22)7-19-15(23)14-11-6-18-2-1-12(11)20-21-14;/h3-5,11-14,18,20-22H,1-2,6-7H2,(H,19,23);1H. The van der Waals surface area contributed by atoms with E-state index in [-0.39, 0.29) is 36.8 Å². The maximum absolute atomic E-state index is 12.4. The third-order valence-electron chi connectivity index (χ3n) is 4.40. The van der Waals surface area contributed by atoms with Gasteiger partial charge in [0.2, 0.25) is 5.91 Å². The number of aliphatic hydroxyl groups excluding tert-OH is 1. The van der Waals surface area contributed by atoms with Crippen LogP contribution in [0.25, 0.3) is 0 Å². The van der Waals surface area contributed by atoms with E-state index in [9.17, 15) is 9.90 Å². The molecule has 1 amide bonds. The number of aliphatic hydroxyl groups is 1. The first kappa shape index (κ1) is 19.7. The lowest BCUT2D eigenvalue weighted by Crippen LogP contribution is -2.49.